The van der Waals surface area contributed by atoms with Gasteiger partial charge in [-0.2, -0.15) is 0 Å². The first-order valence-electron chi connectivity index (χ1n) is 7.37. The number of nitrogens with zero attached hydrogens (tertiary/aromatic N) is 1. The number of rotatable bonds is 4. The molecule has 1 aliphatic carbocycles. The molecule has 1 aliphatic rings. The lowest BCUT2D eigenvalue weighted by molar-refractivity contribution is 0.270. The van der Waals surface area contributed by atoms with Gasteiger partial charge in [0.2, 0.25) is 0 Å². The van der Waals surface area contributed by atoms with E-state index >= 15 is 0 Å². The molecule has 0 bridgehead atoms. The molecule has 0 amide bonds. The van der Waals surface area contributed by atoms with E-state index in [9.17, 15) is 0 Å². The van der Waals surface area contributed by atoms with Gasteiger partial charge >= 0.3 is 0 Å². The van der Waals surface area contributed by atoms with E-state index in [1.807, 2.05) is 6.20 Å². The van der Waals surface area contributed by atoms with Crippen LogP contribution in [0.3, 0.4) is 0 Å². The van der Waals surface area contributed by atoms with Crippen LogP contribution in [0.15, 0.2) is 30.5 Å². The monoisotopic (exact) mass is 286 g/mol. The number of nitrogens with one attached hydrogen (secondary N) is 1. The second-order valence-corrected chi connectivity index (χ2v) is 7.24. The molecule has 3 heteroatoms. The number of hydrogen-bond donors (Lipinski definition) is 1. The van der Waals surface area contributed by atoms with E-state index in [1.54, 1.807) is 11.3 Å². The fourth-order valence-corrected chi connectivity index (χ4v) is 3.73. The highest BCUT2D eigenvalue weighted by molar-refractivity contribution is 7.11. The Hall–Kier alpha value is -1.19. The summed E-state index contributed by atoms with van der Waals surface area (Å²) in [6.07, 6.45) is 4.46. The summed E-state index contributed by atoms with van der Waals surface area (Å²) in [4.78, 5) is 5.76. The number of thiazole rings is 1. The van der Waals surface area contributed by atoms with Gasteiger partial charge in [-0.25, -0.2) is 4.98 Å². The van der Waals surface area contributed by atoms with E-state index in [-0.39, 0.29) is 0 Å². The fraction of sp³-hybridized carbons (Fsp3) is 0.471. The van der Waals surface area contributed by atoms with Crippen molar-refractivity contribution in [1.29, 1.82) is 0 Å². The lowest BCUT2D eigenvalue weighted by atomic mass is 9.75. The summed E-state index contributed by atoms with van der Waals surface area (Å²) >= 11 is 1.80. The van der Waals surface area contributed by atoms with E-state index in [0.717, 1.165) is 5.92 Å². The van der Waals surface area contributed by atoms with Gasteiger partial charge in [-0.05, 0) is 45.1 Å². The summed E-state index contributed by atoms with van der Waals surface area (Å²) in [5, 5.41) is 4.92. The molecular weight excluding hydrogens is 264 g/mol. The van der Waals surface area contributed by atoms with Gasteiger partial charge < -0.3 is 5.32 Å². The van der Waals surface area contributed by atoms with Crippen molar-refractivity contribution in [2.24, 2.45) is 0 Å². The highest BCUT2D eigenvalue weighted by Crippen LogP contribution is 2.38. The minimum Gasteiger partial charge on any atom is -0.305 e. The van der Waals surface area contributed by atoms with Gasteiger partial charge in [-0.1, -0.05) is 29.8 Å². The summed E-state index contributed by atoms with van der Waals surface area (Å²) in [5.41, 5.74) is 2.87. The van der Waals surface area contributed by atoms with Crippen molar-refractivity contribution < 1.29 is 0 Å². The van der Waals surface area contributed by atoms with Gasteiger partial charge in [0, 0.05) is 17.1 Å². The molecule has 1 fully saturated rings. The van der Waals surface area contributed by atoms with Gasteiger partial charge in [0.05, 0.1) is 6.04 Å². The van der Waals surface area contributed by atoms with Crippen molar-refractivity contribution in [3.63, 3.8) is 0 Å². The summed E-state index contributed by atoms with van der Waals surface area (Å²) in [6.45, 7) is 6.51. The summed E-state index contributed by atoms with van der Waals surface area (Å²) in [5.74, 6) is 0.734. The van der Waals surface area contributed by atoms with Crippen molar-refractivity contribution >= 4 is 11.3 Å². The Morgan fingerprint density at radius 3 is 2.75 bits per heavy atom. The van der Waals surface area contributed by atoms with Gasteiger partial charge in [0.25, 0.3) is 0 Å². The molecule has 1 saturated carbocycles. The molecule has 0 radical (unpaired) electrons. The molecule has 106 valence electrons. The zero-order valence-electron chi connectivity index (χ0n) is 12.4. The number of hydrogen-bond acceptors (Lipinski definition) is 3. The normalized spacial score (nSPS) is 23.4. The standard InChI is InChI=1S/C17H22N2S/c1-11-5-4-6-14(7-11)15-8-16(9-15)19-13(3)17-18-10-12(2)20-17/h4-7,10,13,15-16,19H,8-9H2,1-3H3. The third-order valence-electron chi connectivity index (χ3n) is 4.15. The molecule has 2 aromatic rings. The number of aromatic nitrogens is 1. The van der Waals surface area contributed by atoms with Crippen LogP contribution in [-0.4, -0.2) is 11.0 Å². The molecule has 0 spiro atoms. The largest absolute Gasteiger partial charge is 0.305 e. The van der Waals surface area contributed by atoms with Crippen molar-refractivity contribution in [2.75, 3.05) is 0 Å². The SMILES string of the molecule is Cc1cccc(C2CC(NC(C)c3ncc(C)s3)C2)c1. The van der Waals surface area contributed by atoms with E-state index < -0.39 is 0 Å². The van der Waals surface area contributed by atoms with Crippen molar-refractivity contribution in [3.05, 3.63) is 51.5 Å². The Morgan fingerprint density at radius 1 is 1.30 bits per heavy atom. The molecule has 1 aromatic heterocycles. The lowest BCUT2D eigenvalue weighted by Gasteiger charge is -2.38. The van der Waals surface area contributed by atoms with Crippen LogP contribution in [0.5, 0.6) is 0 Å². The van der Waals surface area contributed by atoms with Gasteiger partial charge in [-0.3, -0.25) is 0 Å². The fourth-order valence-electron chi connectivity index (χ4n) is 2.95. The Morgan fingerprint density at radius 2 is 2.10 bits per heavy atom. The summed E-state index contributed by atoms with van der Waals surface area (Å²) in [7, 11) is 0. The van der Waals surface area contributed by atoms with Crippen molar-refractivity contribution in [1.82, 2.24) is 10.3 Å². The first-order chi connectivity index (χ1) is 9.61. The molecule has 0 saturated heterocycles. The Bertz CT molecular complexity index is 584. The minimum absolute atomic E-state index is 0.372. The Labute approximate surface area is 125 Å². The first kappa shape index (κ1) is 13.8. The third kappa shape index (κ3) is 2.94. The van der Waals surface area contributed by atoms with Crippen LogP contribution >= 0.6 is 11.3 Å². The van der Waals surface area contributed by atoms with Crippen LogP contribution in [-0.2, 0) is 0 Å². The van der Waals surface area contributed by atoms with Crippen LogP contribution in [0.1, 0.15) is 52.7 Å². The molecular formula is C17H22N2S. The quantitative estimate of drug-likeness (QED) is 0.903. The van der Waals surface area contributed by atoms with E-state index in [4.69, 9.17) is 0 Å². The molecule has 3 rings (SSSR count). The maximum atomic E-state index is 4.47. The van der Waals surface area contributed by atoms with Crippen LogP contribution in [0.25, 0.3) is 0 Å². The molecule has 1 unspecified atom stereocenters. The van der Waals surface area contributed by atoms with Gasteiger partial charge in [0.15, 0.2) is 0 Å². The molecule has 1 aromatic carbocycles. The predicted octanol–water partition coefficient (Wildman–Crippen LogP) is 4.36. The van der Waals surface area contributed by atoms with Gasteiger partial charge in [0.1, 0.15) is 5.01 Å². The number of aryl methyl sites for hydroxylation is 2. The molecule has 20 heavy (non-hydrogen) atoms. The molecule has 1 N–H and O–H groups in total. The molecule has 1 heterocycles. The zero-order chi connectivity index (χ0) is 14.1. The average molecular weight is 286 g/mol. The van der Waals surface area contributed by atoms with Crippen LogP contribution < -0.4 is 5.32 Å². The highest BCUT2D eigenvalue weighted by Gasteiger charge is 2.31. The smallest absolute Gasteiger partial charge is 0.109 e. The van der Waals surface area contributed by atoms with Gasteiger partial charge in [-0.15, -0.1) is 11.3 Å². The van der Waals surface area contributed by atoms with Crippen LogP contribution in [0.2, 0.25) is 0 Å². The van der Waals surface area contributed by atoms with Crippen LogP contribution in [0.4, 0.5) is 0 Å². The topological polar surface area (TPSA) is 24.9 Å². The number of benzene rings is 1. The average Bonchev–Trinajstić information content (AvgIpc) is 2.80. The summed E-state index contributed by atoms with van der Waals surface area (Å²) < 4.78 is 0. The highest BCUT2D eigenvalue weighted by atomic mass is 32.1. The maximum absolute atomic E-state index is 4.47. The lowest BCUT2D eigenvalue weighted by Crippen LogP contribution is -2.41. The second kappa shape index (κ2) is 5.66. The Balaban J connectivity index is 1.53. The maximum Gasteiger partial charge on any atom is 0.109 e. The van der Waals surface area contributed by atoms with E-state index in [2.05, 4.69) is 55.3 Å². The Kier molecular flexibility index (Phi) is 3.90. The molecule has 0 aliphatic heterocycles. The summed E-state index contributed by atoms with van der Waals surface area (Å²) in [6, 6.07) is 9.95. The predicted molar refractivity (Wildman–Crippen MR) is 85.3 cm³/mol. The van der Waals surface area contributed by atoms with E-state index in [0.29, 0.717) is 12.1 Å². The second-order valence-electron chi connectivity index (χ2n) is 5.98. The molecule has 2 nitrogen and oxygen atoms in total. The van der Waals surface area contributed by atoms with E-state index in [1.165, 1.54) is 33.9 Å². The van der Waals surface area contributed by atoms with Crippen molar-refractivity contribution in [2.45, 2.75) is 51.6 Å². The molecule has 1 atom stereocenters. The van der Waals surface area contributed by atoms with Crippen molar-refractivity contribution in [3.8, 4) is 0 Å². The van der Waals surface area contributed by atoms with Crippen LogP contribution in [0, 0.1) is 13.8 Å². The first-order valence-corrected chi connectivity index (χ1v) is 8.18. The zero-order valence-corrected chi connectivity index (χ0v) is 13.2. The minimum atomic E-state index is 0.372. The third-order valence-corrected chi connectivity index (χ3v) is 5.24.